The summed E-state index contributed by atoms with van der Waals surface area (Å²) in [6.07, 6.45) is 0. The predicted molar refractivity (Wildman–Crippen MR) is 50.8 cm³/mol. The maximum Gasteiger partial charge on any atom is 0.123 e. The average molecular weight is 191 g/mol. The zero-order valence-corrected chi connectivity index (χ0v) is 8.03. The van der Waals surface area contributed by atoms with E-state index in [2.05, 4.69) is 10.2 Å². The van der Waals surface area contributed by atoms with E-state index in [4.69, 9.17) is 0 Å². The smallest absolute Gasteiger partial charge is 0.123 e. The Kier molecular flexibility index (Phi) is 2.04. The lowest BCUT2D eigenvalue weighted by molar-refractivity contribution is 0.626. The van der Waals surface area contributed by atoms with Crippen LogP contribution in [-0.2, 0) is 0 Å². The van der Waals surface area contributed by atoms with Gasteiger partial charge in [-0.3, -0.25) is 0 Å². The second-order valence-corrected chi connectivity index (χ2v) is 3.14. The molecule has 72 valence electrons. The Labute approximate surface area is 81.2 Å². The topological polar surface area (TPSA) is 30.7 Å². The molecule has 3 nitrogen and oxygen atoms in total. The molecule has 1 aromatic heterocycles. The van der Waals surface area contributed by atoms with Crippen LogP contribution in [0.5, 0.6) is 0 Å². The number of aryl methyl sites for hydroxylation is 2. The Balaban J connectivity index is 2.44. The summed E-state index contributed by atoms with van der Waals surface area (Å²) in [5, 5.41) is 8.39. The Morgan fingerprint density at radius 1 is 1.00 bits per heavy atom. The van der Waals surface area contributed by atoms with Gasteiger partial charge in [0.2, 0.25) is 0 Å². The molecule has 2 aromatic rings. The number of halogens is 1. The molecule has 0 saturated carbocycles. The van der Waals surface area contributed by atoms with Gasteiger partial charge >= 0.3 is 0 Å². The zero-order chi connectivity index (χ0) is 10.1. The van der Waals surface area contributed by atoms with Crippen LogP contribution >= 0.6 is 0 Å². The van der Waals surface area contributed by atoms with Crippen molar-refractivity contribution >= 4 is 0 Å². The summed E-state index contributed by atoms with van der Waals surface area (Å²) in [6, 6.07) is 6.08. The third-order valence-corrected chi connectivity index (χ3v) is 2.07. The second-order valence-electron chi connectivity index (χ2n) is 3.14. The largest absolute Gasteiger partial charge is 0.207 e. The van der Waals surface area contributed by atoms with Crippen LogP contribution in [0.15, 0.2) is 24.3 Å². The van der Waals surface area contributed by atoms with Gasteiger partial charge in [0.25, 0.3) is 0 Å². The van der Waals surface area contributed by atoms with Crippen molar-refractivity contribution in [3.05, 3.63) is 41.5 Å². The van der Waals surface area contributed by atoms with Gasteiger partial charge in [0.15, 0.2) is 0 Å². The maximum absolute atomic E-state index is 12.6. The number of rotatable bonds is 1. The first-order chi connectivity index (χ1) is 6.66. The maximum atomic E-state index is 12.6. The van der Waals surface area contributed by atoms with E-state index in [1.807, 2.05) is 13.8 Å². The van der Waals surface area contributed by atoms with E-state index in [0.717, 1.165) is 17.1 Å². The van der Waals surface area contributed by atoms with Gasteiger partial charge in [-0.05, 0) is 38.1 Å². The quantitative estimate of drug-likeness (QED) is 0.690. The number of hydrogen-bond donors (Lipinski definition) is 0. The van der Waals surface area contributed by atoms with Crippen molar-refractivity contribution in [3.63, 3.8) is 0 Å². The Morgan fingerprint density at radius 2 is 1.50 bits per heavy atom. The van der Waals surface area contributed by atoms with Crippen molar-refractivity contribution in [2.24, 2.45) is 0 Å². The lowest BCUT2D eigenvalue weighted by atomic mass is 10.3. The van der Waals surface area contributed by atoms with Crippen LogP contribution in [0.25, 0.3) is 5.69 Å². The van der Waals surface area contributed by atoms with Crippen molar-refractivity contribution in [1.29, 1.82) is 0 Å². The molecule has 0 saturated heterocycles. The van der Waals surface area contributed by atoms with E-state index in [1.54, 1.807) is 12.1 Å². The fourth-order valence-electron chi connectivity index (χ4n) is 1.14. The molecular weight excluding hydrogens is 181 g/mol. The monoisotopic (exact) mass is 191 g/mol. The lowest BCUT2D eigenvalue weighted by Gasteiger charge is -1.97. The highest BCUT2D eigenvalue weighted by atomic mass is 19.1. The van der Waals surface area contributed by atoms with Crippen LogP contribution in [0.3, 0.4) is 0 Å². The molecule has 0 radical (unpaired) electrons. The molecule has 2 rings (SSSR count). The molecule has 0 amide bonds. The van der Waals surface area contributed by atoms with E-state index in [-0.39, 0.29) is 5.82 Å². The normalized spacial score (nSPS) is 10.5. The third-order valence-electron chi connectivity index (χ3n) is 2.07. The standard InChI is InChI=1S/C10H10FN3/c1-7-8(2)13-14(12-7)10-5-3-9(11)4-6-10/h3-6H,1-2H3. The predicted octanol–water partition coefficient (Wildman–Crippen LogP) is 2.02. The highest BCUT2D eigenvalue weighted by Crippen LogP contribution is 2.08. The molecular formula is C10H10FN3. The molecule has 0 aliphatic carbocycles. The van der Waals surface area contributed by atoms with Gasteiger partial charge in [-0.25, -0.2) is 4.39 Å². The molecule has 4 heteroatoms. The van der Waals surface area contributed by atoms with Crippen LogP contribution in [-0.4, -0.2) is 15.0 Å². The van der Waals surface area contributed by atoms with Crippen molar-refractivity contribution in [2.75, 3.05) is 0 Å². The minimum absolute atomic E-state index is 0.255. The highest BCUT2D eigenvalue weighted by Gasteiger charge is 2.03. The Morgan fingerprint density at radius 3 is 2.00 bits per heavy atom. The van der Waals surface area contributed by atoms with Crippen LogP contribution in [0.1, 0.15) is 11.4 Å². The van der Waals surface area contributed by atoms with Gasteiger partial charge in [0.1, 0.15) is 5.82 Å². The molecule has 0 unspecified atom stereocenters. The molecule has 0 bridgehead atoms. The number of nitrogens with zero attached hydrogens (tertiary/aromatic N) is 3. The van der Waals surface area contributed by atoms with Crippen LogP contribution in [0, 0.1) is 19.7 Å². The summed E-state index contributed by atoms with van der Waals surface area (Å²) >= 11 is 0. The van der Waals surface area contributed by atoms with Gasteiger partial charge in [-0.1, -0.05) is 0 Å². The minimum Gasteiger partial charge on any atom is -0.207 e. The summed E-state index contributed by atoms with van der Waals surface area (Å²) in [4.78, 5) is 1.50. The van der Waals surface area contributed by atoms with Crippen molar-refractivity contribution < 1.29 is 4.39 Å². The molecule has 0 N–H and O–H groups in total. The molecule has 0 aliphatic heterocycles. The zero-order valence-electron chi connectivity index (χ0n) is 8.03. The molecule has 1 heterocycles. The van der Waals surface area contributed by atoms with Gasteiger partial charge in [-0.2, -0.15) is 15.0 Å². The first-order valence-corrected chi connectivity index (χ1v) is 4.33. The van der Waals surface area contributed by atoms with Crippen LogP contribution in [0.2, 0.25) is 0 Å². The summed E-state index contributed by atoms with van der Waals surface area (Å²) in [7, 11) is 0. The van der Waals surface area contributed by atoms with Crippen molar-refractivity contribution in [1.82, 2.24) is 15.0 Å². The fraction of sp³-hybridized carbons (Fsp3) is 0.200. The van der Waals surface area contributed by atoms with Gasteiger partial charge < -0.3 is 0 Å². The van der Waals surface area contributed by atoms with E-state index < -0.39 is 0 Å². The summed E-state index contributed by atoms with van der Waals surface area (Å²) in [5.74, 6) is -0.255. The molecule has 14 heavy (non-hydrogen) atoms. The third kappa shape index (κ3) is 1.51. The van der Waals surface area contributed by atoms with E-state index >= 15 is 0 Å². The van der Waals surface area contributed by atoms with Gasteiger partial charge in [0.05, 0.1) is 17.1 Å². The summed E-state index contributed by atoms with van der Waals surface area (Å²) < 4.78 is 12.6. The van der Waals surface area contributed by atoms with Gasteiger partial charge in [0, 0.05) is 0 Å². The molecule has 0 atom stereocenters. The SMILES string of the molecule is Cc1nn(-c2ccc(F)cc2)nc1C. The lowest BCUT2D eigenvalue weighted by Crippen LogP contribution is -1.98. The van der Waals surface area contributed by atoms with E-state index in [9.17, 15) is 4.39 Å². The number of aromatic nitrogens is 3. The first kappa shape index (κ1) is 8.87. The molecule has 0 spiro atoms. The van der Waals surface area contributed by atoms with Crippen molar-refractivity contribution in [3.8, 4) is 5.69 Å². The first-order valence-electron chi connectivity index (χ1n) is 4.33. The molecule has 1 aromatic carbocycles. The number of benzene rings is 1. The summed E-state index contributed by atoms with van der Waals surface area (Å²) in [5.41, 5.74) is 2.53. The Bertz CT molecular complexity index is 425. The summed E-state index contributed by atoms with van der Waals surface area (Å²) in [6.45, 7) is 3.78. The second kappa shape index (κ2) is 3.21. The molecule has 0 fully saturated rings. The highest BCUT2D eigenvalue weighted by molar-refractivity contribution is 5.29. The fourth-order valence-corrected chi connectivity index (χ4v) is 1.14. The van der Waals surface area contributed by atoms with E-state index in [1.165, 1.54) is 16.9 Å². The van der Waals surface area contributed by atoms with E-state index in [0.29, 0.717) is 0 Å². The minimum atomic E-state index is -0.255. The number of hydrogen-bond acceptors (Lipinski definition) is 2. The van der Waals surface area contributed by atoms with Crippen LogP contribution < -0.4 is 0 Å². The Hall–Kier alpha value is -1.71. The van der Waals surface area contributed by atoms with Crippen LogP contribution in [0.4, 0.5) is 4.39 Å². The molecule has 0 aliphatic rings. The van der Waals surface area contributed by atoms with Gasteiger partial charge in [-0.15, -0.1) is 0 Å². The van der Waals surface area contributed by atoms with Crippen molar-refractivity contribution in [2.45, 2.75) is 13.8 Å². The average Bonchev–Trinajstić information content (AvgIpc) is 2.48.